The van der Waals surface area contributed by atoms with Crippen molar-refractivity contribution in [1.29, 1.82) is 0 Å². The molecular formula is C18H18N2O3. The van der Waals surface area contributed by atoms with E-state index in [2.05, 4.69) is 5.32 Å². The second-order valence-corrected chi connectivity index (χ2v) is 5.60. The number of aliphatic hydroxyl groups excluding tert-OH is 1. The molecule has 1 atom stereocenters. The second-order valence-electron chi connectivity index (χ2n) is 5.60. The summed E-state index contributed by atoms with van der Waals surface area (Å²) < 4.78 is 1.84. The Hall–Kier alpha value is -2.66. The summed E-state index contributed by atoms with van der Waals surface area (Å²) in [7, 11) is 0. The molecule has 0 aliphatic rings. The lowest BCUT2D eigenvalue weighted by Gasteiger charge is -2.16. The molecule has 1 aromatic heterocycles. The molecule has 2 aromatic carbocycles. The molecule has 0 fully saturated rings. The van der Waals surface area contributed by atoms with Gasteiger partial charge in [0, 0.05) is 16.8 Å². The molecule has 5 nitrogen and oxygen atoms in total. The average molecular weight is 310 g/mol. The maximum atomic E-state index is 12.6. The Morgan fingerprint density at radius 1 is 1.09 bits per heavy atom. The largest absolute Gasteiger partial charge is 0.394 e. The first-order chi connectivity index (χ1) is 11.1. The second kappa shape index (κ2) is 6.22. The smallest absolute Gasteiger partial charge is 0.240 e. The van der Waals surface area contributed by atoms with Gasteiger partial charge in [-0.3, -0.25) is 9.59 Å². The monoisotopic (exact) mass is 310 g/mol. The highest BCUT2D eigenvalue weighted by molar-refractivity contribution is 5.94. The molecule has 5 heteroatoms. The predicted octanol–water partition coefficient (Wildman–Crippen LogP) is 1.65. The minimum absolute atomic E-state index is 0.0309. The zero-order valence-electron chi connectivity index (χ0n) is 12.8. The summed E-state index contributed by atoms with van der Waals surface area (Å²) in [4.78, 5) is 24.8. The number of aliphatic hydroxyl groups is 1. The third-order valence-electron chi connectivity index (χ3n) is 3.86. The molecule has 0 bridgehead atoms. The van der Waals surface area contributed by atoms with Gasteiger partial charge in [-0.15, -0.1) is 0 Å². The van der Waals surface area contributed by atoms with Crippen LogP contribution < -0.4 is 10.7 Å². The number of carbonyl (C=O) groups excluding carboxylic acids is 1. The number of carbonyl (C=O) groups is 1. The van der Waals surface area contributed by atoms with Crippen LogP contribution in [0.5, 0.6) is 0 Å². The highest BCUT2D eigenvalue weighted by Crippen LogP contribution is 2.18. The highest BCUT2D eigenvalue weighted by Gasteiger charge is 2.13. The Balaban J connectivity index is 2.19. The van der Waals surface area contributed by atoms with Gasteiger partial charge in [-0.1, -0.05) is 24.3 Å². The van der Waals surface area contributed by atoms with Crippen LogP contribution >= 0.6 is 0 Å². The van der Waals surface area contributed by atoms with Gasteiger partial charge in [0.15, 0.2) is 5.43 Å². The predicted molar refractivity (Wildman–Crippen MR) is 90.4 cm³/mol. The number of hydrogen-bond donors (Lipinski definition) is 2. The van der Waals surface area contributed by atoms with E-state index in [0.29, 0.717) is 10.8 Å². The van der Waals surface area contributed by atoms with Crippen LogP contribution in [0.1, 0.15) is 6.92 Å². The zero-order valence-corrected chi connectivity index (χ0v) is 12.8. The van der Waals surface area contributed by atoms with Crippen LogP contribution in [-0.4, -0.2) is 28.2 Å². The van der Waals surface area contributed by atoms with Crippen molar-refractivity contribution < 1.29 is 9.90 Å². The average Bonchev–Trinajstić information content (AvgIpc) is 2.58. The van der Waals surface area contributed by atoms with Crippen LogP contribution in [0.3, 0.4) is 0 Å². The fraction of sp³-hybridized carbons (Fsp3) is 0.222. The SMILES string of the molecule is CC(CO)NC(=O)Cn1c2ccccc2c(=O)c2ccccc21. The third kappa shape index (κ3) is 2.83. The van der Waals surface area contributed by atoms with Crippen LogP contribution in [0, 0.1) is 0 Å². The van der Waals surface area contributed by atoms with Gasteiger partial charge in [0.1, 0.15) is 6.54 Å². The first-order valence-electron chi connectivity index (χ1n) is 7.52. The Kier molecular flexibility index (Phi) is 4.12. The van der Waals surface area contributed by atoms with E-state index in [1.165, 1.54) is 0 Å². The van der Waals surface area contributed by atoms with E-state index in [0.717, 1.165) is 11.0 Å². The molecule has 0 aliphatic heterocycles. The van der Waals surface area contributed by atoms with Gasteiger partial charge < -0.3 is 15.0 Å². The minimum atomic E-state index is -0.306. The van der Waals surface area contributed by atoms with Crippen LogP contribution in [0.15, 0.2) is 53.3 Å². The Morgan fingerprint density at radius 2 is 1.61 bits per heavy atom. The summed E-state index contributed by atoms with van der Waals surface area (Å²) in [5.74, 6) is -0.203. The fourth-order valence-corrected chi connectivity index (χ4v) is 2.76. The number of nitrogens with one attached hydrogen (secondary N) is 1. The normalized spacial score (nSPS) is 12.4. The molecule has 0 spiro atoms. The standard InChI is InChI=1S/C18H18N2O3/c1-12(11-21)19-17(22)10-20-15-8-4-2-6-13(15)18(23)14-7-3-5-9-16(14)20/h2-9,12,21H,10-11H2,1H3,(H,19,22). The molecule has 0 saturated carbocycles. The van der Waals surface area contributed by atoms with E-state index in [-0.39, 0.29) is 30.5 Å². The van der Waals surface area contributed by atoms with Crippen molar-refractivity contribution in [3.05, 3.63) is 58.8 Å². The minimum Gasteiger partial charge on any atom is -0.394 e. The van der Waals surface area contributed by atoms with Crippen molar-refractivity contribution in [3.63, 3.8) is 0 Å². The van der Waals surface area contributed by atoms with Crippen molar-refractivity contribution >= 4 is 27.7 Å². The number of hydrogen-bond acceptors (Lipinski definition) is 3. The summed E-state index contributed by atoms with van der Waals surface area (Å²) in [6.45, 7) is 1.71. The molecular weight excluding hydrogens is 292 g/mol. The van der Waals surface area contributed by atoms with Crippen LogP contribution in [0.4, 0.5) is 0 Å². The van der Waals surface area contributed by atoms with Gasteiger partial charge in [0.25, 0.3) is 0 Å². The Labute approximate surface area is 133 Å². The quantitative estimate of drug-likeness (QED) is 0.720. The molecule has 3 rings (SSSR count). The summed E-state index contributed by atoms with van der Waals surface area (Å²) in [5.41, 5.74) is 1.42. The molecule has 0 radical (unpaired) electrons. The van der Waals surface area contributed by atoms with Crippen molar-refractivity contribution in [2.45, 2.75) is 19.5 Å². The molecule has 3 aromatic rings. The fourth-order valence-electron chi connectivity index (χ4n) is 2.76. The van der Waals surface area contributed by atoms with E-state index in [9.17, 15) is 9.59 Å². The molecule has 0 aliphatic carbocycles. The zero-order chi connectivity index (χ0) is 16.4. The topological polar surface area (TPSA) is 71.3 Å². The van der Waals surface area contributed by atoms with E-state index in [4.69, 9.17) is 5.11 Å². The molecule has 118 valence electrons. The number of rotatable bonds is 4. The van der Waals surface area contributed by atoms with Crippen molar-refractivity contribution in [2.24, 2.45) is 0 Å². The number of benzene rings is 2. The number of nitrogens with zero attached hydrogens (tertiary/aromatic N) is 1. The summed E-state index contributed by atoms with van der Waals surface area (Å²) in [6, 6.07) is 14.2. The number of aromatic nitrogens is 1. The van der Waals surface area contributed by atoms with Gasteiger partial charge in [0.2, 0.25) is 5.91 Å². The van der Waals surface area contributed by atoms with Crippen LogP contribution in [-0.2, 0) is 11.3 Å². The van der Waals surface area contributed by atoms with Crippen LogP contribution in [0.2, 0.25) is 0 Å². The van der Waals surface area contributed by atoms with Crippen molar-refractivity contribution in [3.8, 4) is 0 Å². The lowest BCUT2D eigenvalue weighted by atomic mass is 10.1. The van der Waals surface area contributed by atoms with Crippen molar-refractivity contribution in [1.82, 2.24) is 9.88 Å². The molecule has 1 amide bonds. The molecule has 23 heavy (non-hydrogen) atoms. The molecule has 2 N–H and O–H groups in total. The lowest BCUT2D eigenvalue weighted by Crippen LogP contribution is -2.37. The molecule has 0 saturated heterocycles. The number of amides is 1. The summed E-state index contributed by atoms with van der Waals surface area (Å²) in [5, 5.41) is 13.0. The first-order valence-corrected chi connectivity index (χ1v) is 7.52. The highest BCUT2D eigenvalue weighted by atomic mass is 16.3. The molecule has 1 heterocycles. The Morgan fingerprint density at radius 3 is 2.13 bits per heavy atom. The number of para-hydroxylation sites is 2. The maximum absolute atomic E-state index is 12.6. The van der Waals surface area contributed by atoms with Crippen LogP contribution in [0.25, 0.3) is 21.8 Å². The van der Waals surface area contributed by atoms with Gasteiger partial charge in [0.05, 0.1) is 17.6 Å². The Bertz CT molecular complexity index is 870. The van der Waals surface area contributed by atoms with Gasteiger partial charge in [-0.25, -0.2) is 0 Å². The first kappa shape index (κ1) is 15.2. The van der Waals surface area contributed by atoms with Gasteiger partial charge >= 0.3 is 0 Å². The van der Waals surface area contributed by atoms with E-state index < -0.39 is 0 Å². The number of fused-ring (bicyclic) bond motifs is 2. The van der Waals surface area contributed by atoms with Gasteiger partial charge in [-0.2, -0.15) is 0 Å². The van der Waals surface area contributed by atoms with E-state index in [1.54, 1.807) is 19.1 Å². The lowest BCUT2D eigenvalue weighted by molar-refractivity contribution is -0.122. The number of pyridine rings is 1. The van der Waals surface area contributed by atoms with E-state index >= 15 is 0 Å². The van der Waals surface area contributed by atoms with E-state index in [1.807, 2.05) is 41.0 Å². The van der Waals surface area contributed by atoms with Crippen molar-refractivity contribution in [2.75, 3.05) is 6.61 Å². The molecule has 1 unspecified atom stereocenters. The third-order valence-corrected chi connectivity index (χ3v) is 3.86. The van der Waals surface area contributed by atoms with Gasteiger partial charge in [-0.05, 0) is 31.2 Å². The summed E-state index contributed by atoms with van der Waals surface area (Å²) >= 11 is 0. The maximum Gasteiger partial charge on any atom is 0.240 e. The summed E-state index contributed by atoms with van der Waals surface area (Å²) in [6.07, 6.45) is 0.